The van der Waals surface area contributed by atoms with E-state index < -0.39 is 5.56 Å². The van der Waals surface area contributed by atoms with Crippen molar-refractivity contribution in [3.63, 3.8) is 0 Å². The van der Waals surface area contributed by atoms with Gasteiger partial charge in [0.25, 0.3) is 0 Å². The van der Waals surface area contributed by atoms with E-state index in [0.29, 0.717) is 24.5 Å². The lowest BCUT2D eigenvalue weighted by Gasteiger charge is -2.21. The molecule has 0 aromatic heterocycles. The Labute approximate surface area is 197 Å². The summed E-state index contributed by atoms with van der Waals surface area (Å²) in [7, 11) is 0. The fourth-order valence-electron chi connectivity index (χ4n) is 3.07. The van der Waals surface area contributed by atoms with Gasteiger partial charge in [0, 0.05) is 17.1 Å². The van der Waals surface area contributed by atoms with Gasteiger partial charge in [0.05, 0.1) is 6.61 Å². The van der Waals surface area contributed by atoms with Gasteiger partial charge >= 0.3 is 0 Å². The zero-order chi connectivity index (χ0) is 23.3. The minimum atomic E-state index is -0.463. The summed E-state index contributed by atoms with van der Waals surface area (Å²) >= 11 is 6.48. The van der Waals surface area contributed by atoms with E-state index in [1.54, 1.807) is 12.2 Å². The Kier molecular flexibility index (Phi) is 10.5. The van der Waals surface area contributed by atoms with Gasteiger partial charge in [-0.1, -0.05) is 130 Å². The molecule has 2 atom stereocenters. The molecule has 3 heteroatoms. The Bertz CT molecular complexity index is 971. The van der Waals surface area contributed by atoms with E-state index in [2.05, 4.69) is 26.3 Å². The van der Waals surface area contributed by atoms with Crippen LogP contribution in [0.2, 0.25) is 0 Å². The first-order valence-electron chi connectivity index (χ1n) is 10.5. The standard InChI is InChI=1S/C29H31ClO2/c1-6-8-15-22(3)23(4)28(27(7-2)26-18-13-10-14-19-26)31-20-21-32-29(30)24(5)25-16-11-9-12-17-25/h6-19,24,29H,1-4,20-21H2,5H3/b15-8-,28-27-. The Hall–Kier alpha value is -3.07. The Balaban J connectivity index is 2.13. The van der Waals surface area contributed by atoms with Gasteiger partial charge < -0.3 is 9.47 Å². The van der Waals surface area contributed by atoms with Crippen LogP contribution in [0.3, 0.4) is 0 Å². The van der Waals surface area contributed by atoms with Gasteiger partial charge in [-0.2, -0.15) is 0 Å². The highest BCUT2D eigenvalue weighted by Gasteiger charge is 2.18. The third kappa shape index (κ3) is 7.26. The molecule has 2 nitrogen and oxygen atoms in total. The van der Waals surface area contributed by atoms with Gasteiger partial charge in [-0.25, -0.2) is 0 Å². The number of ether oxygens (including phenoxy) is 2. The number of allylic oxidation sites excluding steroid dienone is 6. The number of hydrogen-bond donors (Lipinski definition) is 0. The van der Waals surface area contributed by atoms with Crippen LogP contribution in [-0.2, 0) is 9.47 Å². The van der Waals surface area contributed by atoms with Gasteiger partial charge in [0.1, 0.15) is 17.9 Å². The quantitative estimate of drug-likeness (QED) is 0.135. The molecule has 0 aliphatic rings. The largest absolute Gasteiger partial charge is 0.490 e. The Morgan fingerprint density at radius 1 is 0.969 bits per heavy atom. The summed E-state index contributed by atoms with van der Waals surface area (Å²) in [5, 5.41) is 0. The van der Waals surface area contributed by atoms with Crippen LogP contribution in [-0.4, -0.2) is 18.8 Å². The van der Waals surface area contributed by atoms with Crippen LogP contribution in [0, 0.1) is 0 Å². The predicted octanol–water partition coefficient (Wildman–Crippen LogP) is 7.84. The molecule has 0 bridgehead atoms. The second-order valence-corrected chi connectivity index (χ2v) is 7.61. The van der Waals surface area contributed by atoms with E-state index in [1.807, 2.05) is 79.7 Å². The van der Waals surface area contributed by atoms with Crippen molar-refractivity contribution in [2.24, 2.45) is 0 Å². The molecular formula is C29H31ClO2. The van der Waals surface area contributed by atoms with Crippen LogP contribution in [0.25, 0.3) is 5.57 Å². The summed E-state index contributed by atoms with van der Waals surface area (Å²) in [6.07, 6.45) is 7.12. The minimum Gasteiger partial charge on any atom is -0.490 e. The first kappa shape index (κ1) is 25.2. The van der Waals surface area contributed by atoms with Gasteiger partial charge in [0.15, 0.2) is 0 Å². The second kappa shape index (κ2) is 13.4. The summed E-state index contributed by atoms with van der Waals surface area (Å²) in [6, 6.07) is 20.0. The van der Waals surface area contributed by atoms with Crippen LogP contribution in [0.15, 0.2) is 128 Å². The SMILES string of the molecule is C=C/C=C\C(=C)C(=C)/C(OCCOC(Cl)C(C)c1ccccc1)=C(\C=C)c1ccccc1. The molecule has 0 fully saturated rings. The topological polar surface area (TPSA) is 18.5 Å². The normalized spacial score (nSPS) is 13.7. The smallest absolute Gasteiger partial charge is 0.137 e. The van der Waals surface area contributed by atoms with E-state index in [9.17, 15) is 0 Å². The zero-order valence-corrected chi connectivity index (χ0v) is 19.4. The van der Waals surface area contributed by atoms with Crippen molar-refractivity contribution in [2.75, 3.05) is 13.2 Å². The van der Waals surface area contributed by atoms with Crippen molar-refractivity contribution in [1.29, 1.82) is 0 Å². The summed E-state index contributed by atoms with van der Waals surface area (Å²) in [5.41, 5.74) is 3.88. The van der Waals surface area contributed by atoms with Crippen molar-refractivity contribution in [3.8, 4) is 0 Å². The molecular weight excluding hydrogens is 416 g/mol. The number of hydrogen-bond acceptors (Lipinski definition) is 2. The molecule has 0 aliphatic carbocycles. The monoisotopic (exact) mass is 446 g/mol. The maximum atomic E-state index is 6.48. The number of alkyl halides is 1. The fraction of sp³-hybridized carbons (Fsp3) is 0.172. The molecule has 2 aromatic carbocycles. The number of benzene rings is 2. The Morgan fingerprint density at radius 2 is 1.59 bits per heavy atom. The van der Waals surface area contributed by atoms with E-state index in [1.165, 1.54) is 0 Å². The molecule has 0 spiro atoms. The maximum Gasteiger partial charge on any atom is 0.137 e. The maximum absolute atomic E-state index is 6.48. The van der Waals surface area contributed by atoms with E-state index >= 15 is 0 Å². The van der Waals surface area contributed by atoms with Crippen molar-refractivity contribution >= 4 is 17.2 Å². The summed E-state index contributed by atoms with van der Waals surface area (Å²) in [4.78, 5) is 0. The summed E-state index contributed by atoms with van der Waals surface area (Å²) in [6.45, 7) is 18.7. The van der Waals surface area contributed by atoms with Gasteiger partial charge in [-0.05, 0) is 16.7 Å². The lowest BCUT2D eigenvalue weighted by Crippen LogP contribution is -2.17. The van der Waals surface area contributed by atoms with Gasteiger partial charge in [-0.15, -0.1) is 0 Å². The van der Waals surface area contributed by atoms with Gasteiger partial charge in [-0.3, -0.25) is 0 Å². The van der Waals surface area contributed by atoms with Crippen LogP contribution in [0.5, 0.6) is 0 Å². The molecule has 0 N–H and O–H groups in total. The lowest BCUT2D eigenvalue weighted by atomic mass is 9.98. The van der Waals surface area contributed by atoms with Crippen LogP contribution in [0.4, 0.5) is 0 Å². The molecule has 2 unspecified atom stereocenters. The van der Waals surface area contributed by atoms with Crippen molar-refractivity contribution in [1.82, 2.24) is 0 Å². The number of halogens is 1. The molecule has 166 valence electrons. The third-order valence-corrected chi connectivity index (χ3v) is 5.46. The van der Waals surface area contributed by atoms with Crippen molar-refractivity contribution in [2.45, 2.75) is 18.4 Å². The molecule has 0 aliphatic heterocycles. The summed E-state index contributed by atoms with van der Waals surface area (Å²) in [5.74, 6) is 0.662. The molecule has 2 rings (SSSR count). The van der Waals surface area contributed by atoms with Crippen LogP contribution in [0.1, 0.15) is 24.0 Å². The average molecular weight is 447 g/mol. The van der Waals surface area contributed by atoms with Gasteiger partial charge in [0.2, 0.25) is 0 Å². The fourth-order valence-corrected chi connectivity index (χ4v) is 3.31. The highest BCUT2D eigenvalue weighted by Crippen LogP contribution is 2.29. The zero-order valence-electron chi connectivity index (χ0n) is 18.7. The summed E-state index contributed by atoms with van der Waals surface area (Å²) < 4.78 is 12.0. The molecule has 0 amide bonds. The molecule has 32 heavy (non-hydrogen) atoms. The predicted molar refractivity (Wildman–Crippen MR) is 138 cm³/mol. The lowest BCUT2D eigenvalue weighted by molar-refractivity contribution is 0.0514. The van der Waals surface area contributed by atoms with E-state index in [4.69, 9.17) is 21.1 Å². The minimum absolute atomic E-state index is 0.0553. The first-order chi connectivity index (χ1) is 15.5. The van der Waals surface area contributed by atoms with Crippen LogP contribution >= 0.6 is 11.6 Å². The molecule has 0 radical (unpaired) electrons. The second-order valence-electron chi connectivity index (χ2n) is 7.18. The Morgan fingerprint density at radius 3 is 2.19 bits per heavy atom. The van der Waals surface area contributed by atoms with Crippen molar-refractivity contribution in [3.05, 3.63) is 139 Å². The highest BCUT2D eigenvalue weighted by molar-refractivity contribution is 6.20. The highest BCUT2D eigenvalue weighted by atomic mass is 35.5. The third-order valence-electron chi connectivity index (χ3n) is 4.95. The molecule has 2 aromatic rings. The molecule has 0 saturated heterocycles. The van der Waals surface area contributed by atoms with Crippen LogP contribution < -0.4 is 0 Å². The van der Waals surface area contributed by atoms with E-state index in [-0.39, 0.29) is 5.92 Å². The molecule has 0 saturated carbocycles. The first-order valence-corrected chi connectivity index (χ1v) is 11.0. The van der Waals surface area contributed by atoms with E-state index in [0.717, 1.165) is 22.3 Å². The average Bonchev–Trinajstić information content (AvgIpc) is 2.84. The number of rotatable bonds is 13. The van der Waals surface area contributed by atoms with Crippen molar-refractivity contribution < 1.29 is 9.47 Å². The molecule has 0 heterocycles.